The summed E-state index contributed by atoms with van der Waals surface area (Å²) in [6, 6.07) is 4.11. The Balaban J connectivity index is 2.87. The molecule has 2 N–H and O–H groups in total. The van der Waals surface area contributed by atoms with Gasteiger partial charge in [-0.25, -0.2) is 0 Å². The van der Waals surface area contributed by atoms with E-state index in [-0.39, 0.29) is 0 Å². The Morgan fingerprint density at radius 3 is 2.73 bits per heavy atom. The van der Waals surface area contributed by atoms with E-state index >= 15 is 0 Å². The molecule has 80 valence electrons. The number of rotatable bonds is 2. The zero-order chi connectivity index (χ0) is 11.0. The van der Waals surface area contributed by atoms with Gasteiger partial charge in [0.2, 0.25) is 0 Å². The second-order valence-corrected chi connectivity index (χ2v) is 4.48. The number of aryl methyl sites for hydroxylation is 2. The van der Waals surface area contributed by atoms with Crippen molar-refractivity contribution in [1.29, 1.82) is 0 Å². The number of benzene rings is 1. The molecule has 0 saturated carbocycles. The molecule has 15 heavy (non-hydrogen) atoms. The van der Waals surface area contributed by atoms with E-state index in [0.717, 1.165) is 27.8 Å². The SMILES string of the molecule is CCc1c(CN)oc2c(C)ccc(Br)c12. The van der Waals surface area contributed by atoms with Gasteiger partial charge < -0.3 is 10.2 Å². The van der Waals surface area contributed by atoms with E-state index in [1.165, 1.54) is 10.9 Å². The van der Waals surface area contributed by atoms with Crippen LogP contribution in [0, 0.1) is 6.92 Å². The summed E-state index contributed by atoms with van der Waals surface area (Å²) in [7, 11) is 0. The topological polar surface area (TPSA) is 39.2 Å². The smallest absolute Gasteiger partial charge is 0.138 e. The molecule has 2 rings (SSSR count). The van der Waals surface area contributed by atoms with E-state index in [1.54, 1.807) is 0 Å². The van der Waals surface area contributed by atoms with Crippen molar-refractivity contribution in [2.24, 2.45) is 5.73 Å². The van der Waals surface area contributed by atoms with Gasteiger partial charge in [0.05, 0.1) is 6.54 Å². The van der Waals surface area contributed by atoms with Gasteiger partial charge in [0.1, 0.15) is 11.3 Å². The molecule has 1 heterocycles. The molecule has 0 radical (unpaired) electrons. The van der Waals surface area contributed by atoms with Crippen molar-refractivity contribution in [3.63, 3.8) is 0 Å². The predicted molar refractivity (Wildman–Crippen MR) is 65.9 cm³/mol. The van der Waals surface area contributed by atoms with Crippen LogP contribution in [0.4, 0.5) is 0 Å². The molecule has 0 amide bonds. The Morgan fingerprint density at radius 2 is 2.13 bits per heavy atom. The average Bonchev–Trinajstić information content (AvgIpc) is 2.63. The van der Waals surface area contributed by atoms with Crippen LogP contribution in [0.5, 0.6) is 0 Å². The normalized spacial score (nSPS) is 11.2. The maximum atomic E-state index is 5.80. The molecule has 0 unspecified atom stereocenters. The first-order chi connectivity index (χ1) is 7.19. The standard InChI is InChI=1S/C12H14BrNO/c1-3-8-10(6-14)15-12-7(2)4-5-9(13)11(8)12/h4-5H,3,6,14H2,1-2H3. The highest BCUT2D eigenvalue weighted by Crippen LogP contribution is 2.34. The molecule has 0 saturated heterocycles. The van der Waals surface area contributed by atoms with Gasteiger partial charge >= 0.3 is 0 Å². The molecule has 0 bridgehead atoms. The minimum Gasteiger partial charge on any atom is -0.459 e. The Morgan fingerprint density at radius 1 is 1.40 bits per heavy atom. The van der Waals surface area contributed by atoms with Crippen LogP contribution in [0.1, 0.15) is 23.8 Å². The molecular formula is C12H14BrNO. The molecule has 2 nitrogen and oxygen atoms in total. The Bertz CT molecular complexity index is 502. The quantitative estimate of drug-likeness (QED) is 0.905. The molecule has 0 atom stereocenters. The van der Waals surface area contributed by atoms with Crippen molar-refractivity contribution < 1.29 is 4.42 Å². The number of halogens is 1. The summed E-state index contributed by atoms with van der Waals surface area (Å²) in [4.78, 5) is 0. The van der Waals surface area contributed by atoms with E-state index in [9.17, 15) is 0 Å². The van der Waals surface area contributed by atoms with E-state index < -0.39 is 0 Å². The predicted octanol–water partition coefficient (Wildman–Crippen LogP) is 3.52. The maximum Gasteiger partial charge on any atom is 0.138 e. The minimum atomic E-state index is 0.462. The summed E-state index contributed by atoms with van der Waals surface area (Å²) in [5.41, 5.74) is 9.02. The first-order valence-electron chi connectivity index (χ1n) is 5.08. The summed E-state index contributed by atoms with van der Waals surface area (Å²) in [6.07, 6.45) is 0.946. The maximum absolute atomic E-state index is 5.80. The molecule has 0 aliphatic heterocycles. The highest BCUT2D eigenvalue weighted by atomic mass is 79.9. The van der Waals surface area contributed by atoms with Gasteiger partial charge in [0.25, 0.3) is 0 Å². The van der Waals surface area contributed by atoms with E-state index in [0.29, 0.717) is 6.54 Å². The van der Waals surface area contributed by atoms with Crippen LogP contribution in [-0.2, 0) is 13.0 Å². The van der Waals surface area contributed by atoms with Gasteiger partial charge in [-0.15, -0.1) is 0 Å². The fourth-order valence-corrected chi connectivity index (χ4v) is 2.49. The number of nitrogens with two attached hydrogens (primary N) is 1. The van der Waals surface area contributed by atoms with Crippen molar-refractivity contribution in [1.82, 2.24) is 0 Å². The number of furan rings is 1. The van der Waals surface area contributed by atoms with Gasteiger partial charge in [0.15, 0.2) is 0 Å². The Kier molecular flexibility index (Phi) is 2.85. The first kappa shape index (κ1) is 10.7. The number of fused-ring (bicyclic) bond motifs is 1. The third-order valence-electron chi connectivity index (χ3n) is 2.71. The van der Waals surface area contributed by atoms with E-state index in [2.05, 4.69) is 41.9 Å². The minimum absolute atomic E-state index is 0.462. The lowest BCUT2D eigenvalue weighted by molar-refractivity contribution is 0.544. The van der Waals surface area contributed by atoms with Crippen LogP contribution < -0.4 is 5.73 Å². The molecular weight excluding hydrogens is 254 g/mol. The lowest BCUT2D eigenvalue weighted by Gasteiger charge is -1.99. The highest BCUT2D eigenvalue weighted by Gasteiger charge is 2.15. The van der Waals surface area contributed by atoms with Crippen molar-refractivity contribution in [2.45, 2.75) is 26.8 Å². The Hall–Kier alpha value is -0.800. The van der Waals surface area contributed by atoms with Gasteiger partial charge in [-0.3, -0.25) is 0 Å². The largest absolute Gasteiger partial charge is 0.459 e. The lowest BCUT2D eigenvalue weighted by atomic mass is 10.1. The van der Waals surface area contributed by atoms with Crippen LogP contribution in [0.3, 0.4) is 0 Å². The zero-order valence-electron chi connectivity index (χ0n) is 8.93. The van der Waals surface area contributed by atoms with Crippen LogP contribution in [0.15, 0.2) is 21.0 Å². The summed E-state index contributed by atoms with van der Waals surface area (Å²) in [5, 5.41) is 1.18. The summed E-state index contributed by atoms with van der Waals surface area (Å²) in [5.74, 6) is 0.905. The summed E-state index contributed by atoms with van der Waals surface area (Å²) in [6.45, 7) is 4.64. The second-order valence-electron chi connectivity index (χ2n) is 3.63. The van der Waals surface area contributed by atoms with E-state index in [4.69, 9.17) is 10.2 Å². The molecule has 0 fully saturated rings. The van der Waals surface area contributed by atoms with Crippen molar-refractivity contribution in [2.75, 3.05) is 0 Å². The molecule has 1 aromatic heterocycles. The number of hydrogen-bond donors (Lipinski definition) is 1. The van der Waals surface area contributed by atoms with Gasteiger partial charge in [-0.05, 0) is 25.0 Å². The first-order valence-corrected chi connectivity index (χ1v) is 5.87. The van der Waals surface area contributed by atoms with Crippen molar-refractivity contribution in [3.05, 3.63) is 33.5 Å². The highest BCUT2D eigenvalue weighted by molar-refractivity contribution is 9.10. The van der Waals surface area contributed by atoms with Crippen LogP contribution in [-0.4, -0.2) is 0 Å². The fraction of sp³-hybridized carbons (Fsp3) is 0.333. The summed E-state index contributed by atoms with van der Waals surface area (Å²) < 4.78 is 6.88. The third kappa shape index (κ3) is 1.60. The van der Waals surface area contributed by atoms with Crippen molar-refractivity contribution >= 4 is 26.9 Å². The van der Waals surface area contributed by atoms with Crippen molar-refractivity contribution in [3.8, 4) is 0 Å². The molecule has 1 aromatic carbocycles. The second kappa shape index (κ2) is 3.99. The monoisotopic (exact) mass is 267 g/mol. The van der Waals surface area contributed by atoms with Crippen LogP contribution in [0.2, 0.25) is 0 Å². The summed E-state index contributed by atoms with van der Waals surface area (Å²) >= 11 is 3.56. The molecule has 0 aliphatic carbocycles. The lowest BCUT2D eigenvalue weighted by Crippen LogP contribution is -1.97. The molecule has 3 heteroatoms. The molecule has 0 aliphatic rings. The molecule has 0 spiro atoms. The average molecular weight is 268 g/mol. The third-order valence-corrected chi connectivity index (χ3v) is 3.37. The zero-order valence-corrected chi connectivity index (χ0v) is 10.5. The van der Waals surface area contributed by atoms with Gasteiger partial charge in [-0.1, -0.05) is 28.9 Å². The molecule has 2 aromatic rings. The fourth-order valence-electron chi connectivity index (χ4n) is 1.94. The van der Waals surface area contributed by atoms with Crippen LogP contribution >= 0.6 is 15.9 Å². The van der Waals surface area contributed by atoms with E-state index in [1.807, 2.05) is 0 Å². The number of hydrogen-bond acceptors (Lipinski definition) is 2. The van der Waals surface area contributed by atoms with Gasteiger partial charge in [0, 0.05) is 15.4 Å². The van der Waals surface area contributed by atoms with Gasteiger partial charge in [-0.2, -0.15) is 0 Å². The Labute approximate surface area is 97.6 Å². The van der Waals surface area contributed by atoms with Crippen LogP contribution in [0.25, 0.3) is 11.0 Å².